The van der Waals surface area contributed by atoms with Crippen molar-refractivity contribution in [1.29, 1.82) is 0 Å². The van der Waals surface area contributed by atoms with E-state index in [0.29, 0.717) is 0 Å². The lowest BCUT2D eigenvalue weighted by Crippen LogP contribution is -2.42. The molecule has 1 amide bonds. The largest absolute Gasteiger partial charge is 0.480 e. The van der Waals surface area contributed by atoms with Crippen LogP contribution >= 0.6 is 0 Å². The monoisotopic (exact) mass is 428 g/mol. The number of aromatic nitrogens is 1. The highest BCUT2D eigenvalue weighted by atomic mass is 16.6. The van der Waals surface area contributed by atoms with E-state index >= 15 is 0 Å². The van der Waals surface area contributed by atoms with Gasteiger partial charge in [-0.25, -0.2) is 9.59 Å². The molecule has 1 aromatic heterocycles. The number of para-hydroxylation sites is 1. The van der Waals surface area contributed by atoms with Crippen LogP contribution in [-0.2, 0) is 16.0 Å². The molecular weight excluding hydrogens is 406 g/mol. The van der Waals surface area contributed by atoms with Crippen LogP contribution in [0.2, 0.25) is 0 Å². The van der Waals surface area contributed by atoms with Gasteiger partial charge in [0.1, 0.15) is 12.6 Å². The Balaban J connectivity index is 1.28. The number of rotatable bonds is 6. The summed E-state index contributed by atoms with van der Waals surface area (Å²) in [6, 6.07) is 22.7. The van der Waals surface area contributed by atoms with Crippen LogP contribution in [0.15, 0.2) is 79.0 Å². The Morgan fingerprint density at radius 1 is 0.938 bits per heavy atom. The molecule has 0 aliphatic heterocycles. The molecule has 3 aromatic carbocycles. The van der Waals surface area contributed by atoms with Gasteiger partial charge in [-0.3, -0.25) is 0 Å². The number of fused-ring (bicyclic) bond motifs is 4. The molecule has 32 heavy (non-hydrogen) atoms. The quantitative estimate of drug-likeness (QED) is 0.388. The van der Waals surface area contributed by atoms with Crippen molar-refractivity contribution >= 4 is 23.0 Å². The van der Waals surface area contributed by atoms with Gasteiger partial charge in [0.2, 0.25) is 0 Å². The molecule has 0 unspecified atom stereocenters. The number of amides is 1. The van der Waals surface area contributed by atoms with Crippen molar-refractivity contribution in [2.45, 2.75) is 18.4 Å². The second kappa shape index (κ2) is 8.23. The third kappa shape index (κ3) is 3.60. The molecule has 4 aromatic rings. The first-order valence-corrected chi connectivity index (χ1v) is 10.5. The molecule has 1 aliphatic carbocycles. The van der Waals surface area contributed by atoms with Crippen LogP contribution in [0.25, 0.3) is 22.0 Å². The summed E-state index contributed by atoms with van der Waals surface area (Å²) in [5.74, 6) is -1.19. The SMILES string of the molecule is O=C([15NH][C@@H](Cc1c[15nH]c2ccccc12)C(=O)O)OCC1c2ccccc2-c2ccccc21. The van der Waals surface area contributed by atoms with E-state index in [4.69, 9.17) is 4.74 Å². The number of ether oxygens (including phenoxy) is 1. The van der Waals surface area contributed by atoms with E-state index in [0.717, 1.165) is 38.7 Å². The van der Waals surface area contributed by atoms with Crippen molar-refractivity contribution in [1.82, 2.24) is 10.3 Å². The van der Waals surface area contributed by atoms with E-state index in [1.807, 2.05) is 60.7 Å². The summed E-state index contributed by atoms with van der Waals surface area (Å²) < 4.78 is 5.51. The highest BCUT2D eigenvalue weighted by molar-refractivity contribution is 5.85. The Kier molecular flexibility index (Phi) is 5.11. The molecular formula is C26H22N2O4. The second-order valence-electron chi connectivity index (χ2n) is 7.92. The van der Waals surface area contributed by atoms with Crippen LogP contribution in [0.5, 0.6) is 0 Å². The first-order valence-electron chi connectivity index (χ1n) is 10.5. The highest BCUT2D eigenvalue weighted by Gasteiger charge is 2.30. The molecule has 1 aliphatic rings. The number of H-pyrrole nitrogens is 1. The summed E-state index contributed by atoms with van der Waals surface area (Å²) >= 11 is 0. The van der Waals surface area contributed by atoms with Crippen LogP contribution in [-0.4, -0.2) is 34.8 Å². The maximum absolute atomic E-state index is 12.5. The standard InChI is InChI=1S/C26H22N2O4/c29-25(30)24(13-16-14-27-23-12-6-5-7-17(16)23)28-26(31)32-15-22-20-10-3-1-8-18(20)19-9-2-4-11-21(19)22/h1-12,14,22,24,27H,13,15H2,(H,28,31)(H,29,30)/t24-/m0/s1/i27+1,28+1. The predicted molar refractivity (Wildman–Crippen MR) is 122 cm³/mol. The third-order valence-electron chi connectivity index (χ3n) is 6.03. The number of hydrogen-bond donors (Lipinski definition) is 3. The van der Waals surface area contributed by atoms with Crippen molar-refractivity contribution < 1.29 is 19.4 Å². The molecule has 0 saturated carbocycles. The summed E-state index contributed by atoms with van der Waals surface area (Å²) in [5, 5.41) is 13.1. The number of aromatic amines is 1. The number of carbonyl (C=O) groups excluding carboxylic acids is 1. The number of benzene rings is 3. The molecule has 0 spiro atoms. The summed E-state index contributed by atoms with van der Waals surface area (Å²) in [6.07, 6.45) is 1.20. The summed E-state index contributed by atoms with van der Waals surface area (Å²) in [5.41, 5.74) is 6.24. The van der Waals surface area contributed by atoms with Gasteiger partial charge in [0.05, 0.1) is 0 Å². The average molecular weight is 428 g/mol. The summed E-state index contributed by atoms with van der Waals surface area (Å²) in [4.78, 5) is 27.5. The summed E-state index contributed by atoms with van der Waals surface area (Å²) in [7, 11) is 0. The van der Waals surface area contributed by atoms with Crippen LogP contribution in [0.1, 0.15) is 22.6 Å². The van der Waals surface area contributed by atoms with Gasteiger partial charge in [-0.2, -0.15) is 0 Å². The third-order valence-corrected chi connectivity index (χ3v) is 6.03. The number of carboxylic acids is 1. The molecule has 0 bridgehead atoms. The fourth-order valence-corrected chi connectivity index (χ4v) is 4.50. The fourth-order valence-electron chi connectivity index (χ4n) is 4.50. The predicted octanol–water partition coefficient (Wildman–Crippen LogP) is 4.70. The van der Waals surface area contributed by atoms with Crippen molar-refractivity contribution in [2.75, 3.05) is 6.61 Å². The van der Waals surface area contributed by atoms with Gasteiger partial charge in [-0.1, -0.05) is 66.7 Å². The molecule has 6 nitrogen and oxygen atoms in total. The minimum Gasteiger partial charge on any atom is -0.480 e. The zero-order valence-electron chi connectivity index (χ0n) is 17.2. The van der Waals surface area contributed by atoms with Gasteiger partial charge in [0, 0.05) is 29.4 Å². The Morgan fingerprint density at radius 3 is 2.25 bits per heavy atom. The Hall–Kier alpha value is -4.06. The summed E-state index contributed by atoms with van der Waals surface area (Å²) in [6.45, 7) is 0.138. The van der Waals surface area contributed by atoms with Crippen LogP contribution in [0.4, 0.5) is 4.79 Å². The average Bonchev–Trinajstić information content (AvgIpc) is 3.36. The second-order valence-corrected chi connectivity index (χ2v) is 7.92. The molecule has 3 N–H and O–H groups in total. The lowest BCUT2D eigenvalue weighted by Gasteiger charge is -2.17. The number of carbonyl (C=O) groups is 2. The first kappa shape index (κ1) is 19.9. The lowest BCUT2D eigenvalue weighted by molar-refractivity contribution is -0.139. The van der Waals surface area contributed by atoms with E-state index in [1.54, 1.807) is 6.20 Å². The van der Waals surface area contributed by atoms with E-state index in [-0.39, 0.29) is 18.9 Å². The fraction of sp³-hybridized carbons (Fsp3) is 0.154. The van der Waals surface area contributed by atoms with Crippen molar-refractivity contribution in [2.24, 2.45) is 0 Å². The number of alkyl carbamates (subject to hydrolysis) is 1. The zero-order valence-corrected chi connectivity index (χ0v) is 17.2. The molecule has 1 atom stereocenters. The number of nitrogens with one attached hydrogen (secondary N) is 2. The Labute approximate surface area is 184 Å². The molecule has 5 rings (SSSR count). The van der Waals surface area contributed by atoms with Gasteiger partial charge in [-0.05, 0) is 33.9 Å². The van der Waals surface area contributed by atoms with Gasteiger partial charge in [0.25, 0.3) is 0 Å². The van der Waals surface area contributed by atoms with E-state index in [1.165, 1.54) is 0 Å². The maximum atomic E-state index is 12.5. The first-order chi connectivity index (χ1) is 15.6. The minimum atomic E-state index is -1.11. The minimum absolute atomic E-state index is 0.0787. The number of carboxylic acid groups (broad SMARTS) is 1. The van der Waals surface area contributed by atoms with Crippen LogP contribution < -0.4 is 5.32 Å². The van der Waals surface area contributed by atoms with Crippen LogP contribution in [0, 0.1) is 0 Å². The molecule has 0 saturated heterocycles. The van der Waals surface area contributed by atoms with Crippen molar-refractivity contribution in [3.8, 4) is 11.1 Å². The Morgan fingerprint density at radius 2 is 1.56 bits per heavy atom. The van der Waals surface area contributed by atoms with E-state index in [9.17, 15) is 14.7 Å². The van der Waals surface area contributed by atoms with Crippen LogP contribution in [0.3, 0.4) is 0 Å². The molecule has 0 radical (unpaired) electrons. The molecule has 160 valence electrons. The lowest BCUT2D eigenvalue weighted by atomic mass is 9.98. The smallest absolute Gasteiger partial charge is 0.407 e. The number of aliphatic carboxylic acids is 1. The molecule has 6 heteroatoms. The van der Waals surface area contributed by atoms with Gasteiger partial charge in [0.15, 0.2) is 0 Å². The van der Waals surface area contributed by atoms with Crippen molar-refractivity contribution in [3.05, 3.63) is 95.7 Å². The van der Waals surface area contributed by atoms with Gasteiger partial charge < -0.3 is 20.1 Å². The Bertz CT molecular complexity index is 1260. The normalized spacial score (nSPS) is 13.4. The number of hydrogen-bond acceptors (Lipinski definition) is 3. The highest BCUT2D eigenvalue weighted by Crippen LogP contribution is 2.44. The van der Waals surface area contributed by atoms with Gasteiger partial charge >= 0.3 is 12.1 Å². The topological polar surface area (TPSA) is 91.4 Å². The van der Waals surface area contributed by atoms with E-state index in [2.05, 4.69) is 22.4 Å². The van der Waals surface area contributed by atoms with E-state index < -0.39 is 18.1 Å². The maximum Gasteiger partial charge on any atom is 0.407 e. The van der Waals surface area contributed by atoms with Crippen molar-refractivity contribution in [3.63, 3.8) is 0 Å². The zero-order chi connectivity index (χ0) is 22.1. The van der Waals surface area contributed by atoms with Gasteiger partial charge in [-0.15, -0.1) is 0 Å². The molecule has 0 fully saturated rings. The molecule has 1 heterocycles.